The first-order chi connectivity index (χ1) is 9.51. The van der Waals surface area contributed by atoms with Crippen LogP contribution in [0, 0.1) is 5.92 Å². The Kier molecular flexibility index (Phi) is 4.45. The molecule has 1 aromatic carbocycles. The van der Waals surface area contributed by atoms with Crippen molar-refractivity contribution in [3.8, 4) is 0 Å². The summed E-state index contributed by atoms with van der Waals surface area (Å²) in [6.07, 6.45) is 2.58. The van der Waals surface area contributed by atoms with Gasteiger partial charge >= 0.3 is 0 Å². The number of amides is 1. The average Bonchev–Trinajstić information content (AvgIpc) is 3.29. The highest BCUT2D eigenvalue weighted by atomic mass is 16.1. The second kappa shape index (κ2) is 5.94. The monoisotopic (exact) mass is 275 g/mol. The molecule has 1 amide bonds. The van der Waals surface area contributed by atoms with E-state index in [1.54, 1.807) is 7.05 Å². The normalized spacial score (nSPS) is 19.6. The van der Waals surface area contributed by atoms with Gasteiger partial charge in [-0.3, -0.25) is 4.79 Å². The van der Waals surface area contributed by atoms with Crippen molar-refractivity contribution in [2.75, 3.05) is 20.6 Å². The van der Waals surface area contributed by atoms with Crippen LogP contribution in [0.3, 0.4) is 0 Å². The number of hydrogen-bond donors (Lipinski definition) is 2. The molecule has 0 bridgehead atoms. The Morgan fingerprint density at radius 3 is 2.50 bits per heavy atom. The molecule has 2 rings (SSSR count). The van der Waals surface area contributed by atoms with E-state index in [4.69, 9.17) is 5.73 Å². The zero-order valence-electron chi connectivity index (χ0n) is 12.6. The van der Waals surface area contributed by atoms with Crippen molar-refractivity contribution in [1.82, 2.24) is 10.2 Å². The van der Waals surface area contributed by atoms with Crippen molar-refractivity contribution in [3.05, 3.63) is 35.9 Å². The summed E-state index contributed by atoms with van der Waals surface area (Å²) in [5.41, 5.74) is 5.81. The standard InChI is InChI=1S/C16H25N3O/c1-12(13-9-10-13)19(3)11-16(18-2,15(17)20)14-7-5-4-6-8-14/h4-8,12-13,18H,9-11H2,1-3H3,(H2,17,20). The minimum atomic E-state index is -0.834. The molecule has 3 N–H and O–H groups in total. The predicted molar refractivity (Wildman–Crippen MR) is 81.2 cm³/mol. The van der Waals surface area contributed by atoms with E-state index in [1.165, 1.54) is 12.8 Å². The molecule has 2 unspecified atom stereocenters. The first-order valence-corrected chi connectivity index (χ1v) is 7.26. The van der Waals surface area contributed by atoms with Crippen molar-refractivity contribution in [1.29, 1.82) is 0 Å². The van der Waals surface area contributed by atoms with Gasteiger partial charge in [0, 0.05) is 12.6 Å². The fourth-order valence-corrected chi connectivity index (χ4v) is 2.84. The van der Waals surface area contributed by atoms with Gasteiger partial charge in [-0.05, 0) is 45.3 Å². The number of carbonyl (C=O) groups is 1. The number of nitrogens with two attached hydrogens (primary N) is 1. The molecule has 0 radical (unpaired) electrons. The molecule has 0 aliphatic heterocycles. The van der Waals surface area contributed by atoms with Crippen LogP contribution in [0.25, 0.3) is 0 Å². The van der Waals surface area contributed by atoms with Crippen LogP contribution >= 0.6 is 0 Å². The van der Waals surface area contributed by atoms with Gasteiger partial charge in [-0.2, -0.15) is 0 Å². The van der Waals surface area contributed by atoms with Gasteiger partial charge in [0.05, 0.1) is 0 Å². The lowest BCUT2D eigenvalue weighted by atomic mass is 9.88. The number of nitrogens with zero attached hydrogens (tertiary/aromatic N) is 1. The Balaban J connectivity index is 2.25. The summed E-state index contributed by atoms with van der Waals surface area (Å²) in [4.78, 5) is 14.4. The highest BCUT2D eigenvalue weighted by Crippen LogP contribution is 2.35. The molecule has 2 atom stereocenters. The van der Waals surface area contributed by atoms with Crippen LogP contribution < -0.4 is 11.1 Å². The van der Waals surface area contributed by atoms with E-state index in [0.29, 0.717) is 12.6 Å². The molecule has 1 aromatic rings. The van der Waals surface area contributed by atoms with Crippen molar-refractivity contribution >= 4 is 5.91 Å². The number of hydrogen-bond acceptors (Lipinski definition) is 3. The fraction of sp³-hybridized carbons (Fsp3) is 0.562. The first-order valence-electron chi connectivity index (χ1n) is 7.26. The van der Waals surface area contributed by atoms with Crippen LogP contribution in [0.2, 0.25) is 0 Å². The lowest BCUT2D eigenvalue weighted by Crippen LogP contribution is -2.58. The number of primary amides is 1. The molecular formula is C16H25N3O. The number of benzene rings is 1. The second-order valence-electron chi connectivity index (χ2n) is 5.88. The maximum absolute atomic E-state index is 12.1. The van der Waals surface area contributed by atoms with E-state index >= 15 is 0 Å². The third-order valence-electron chi connectivity index (χ3n) is 4.60. The molecule has 1 aliphatic rings. The zero-order valence-corrected chi connectivity index (χ0v) is 12.6. The maximum Gasteiger partial charge on any atom is 0.243 e. The zero-order chi connectivity index (χ0) is 14.8. The van der Waals surface area contributed by atoms with Crippen LogP contribution in [-0.2, 0) is 10.3 Å². The summed E-state index contributed by atoms with van der Waals surface area (Å²) >= 11 is 0. The van der Waals surface area contributed by atoms with E-state index in [2.05, 4.69) is 24.2 Å². The van der Waals surface area contributed by atoms with E-state index in [0.717, 1.165) is 11.5 Å². The molecular weight excluding hydrogens is 250 g/mol. The van der Waals surface area contributed by atoms with Crippen LogP contribution in [-0.4, -0.2) is 37.5 Å². The lowest BCUT2D eigenvalue weighted by Gasteiger charge is -2.37. The number of likely N-dealkylation sites (N-methyl/N-ethyl adjacent to an activating group) is 2. The molecule has 110 valence electrons. The van der Waals surface area contributed by atoms with Gasteiger partial charge in [0.1, 0.15) is 5.54 Å². The fourth-order valence-electron chi connectivity index (χ4n) is 2.84. The summed E-state index contributed by atoms with van der Waals surface area (Å²) in [7, 11) is 3.87. The molecule has 4 heteroatoms. The number of nitrogens with one attached hydrogen (secondary N) is 1. The summed E-state index contributed by atoms with van der Waals surface area (Å²) in [5, 5.41) is 3.16. The van der Waals surface area contributed by atoms with Gasteiger partial charge in [-0.1, -0.05) is 30.3 Å². The molecule has 20 heavy (non-hydrogen) atoms. The predicted octanol–water partition coefficient (Wildman–Crippen LogP) is 1.32. The average molecular weight is 275 g/mol. The minimum absolute atomic E-state index is 0.332. The third-order valence-corrected chi connectivity index (χ3v) is 4.60. The molecule has 1 aliphatic carbocycles. The minimum Gasteiger partial charge on any atom is -0.368 e. The topological polar surface area (TPSA) is 58.4 Å². The quantitative estimate of drug-likeness (QED) is 0.789. The Bertz CT molecular complexity index is 458. The molecule has 1 fully saturated rings. The van der Waals surface area contributed by atoms with Gasteiger partial charge in [0.2, 0.25) is 5.91 Å². The largest absolute Gasteiger partial charge is 0.368 e. The molecule has 0 heterocycles. The third kappa shape index (κ3) is 2.86. The van der Waals surface area contributed by atoms with Gasteiger partial charge in [0.15, 0.2) is 0 Å². The Labute approximate surface area is 121 Å². The second-order valence-corrected chi connectivity index (χ2v) is 5.88. The van der Waals surface area contributed by atoms with Crippen molar-refractivity contribution < 1.29 is 4.79 Å². The Hall–Kier alpha value is -1.39. The number of rotatable bonds is 7. The highest BCUT2D eigenvalue weighted by Gasteiger charge is 2.40. The van der Waals surface area contributed by atoms with Gasteiger partial charge < -0.3 is 16.0 Å². The smallest absolute Gasteiger partial charge is 0.243 e. The van der Waals surface area contributed by atoms with Crippen LogP contribution in [0.1, 0.15) is 25.3 Å². The maximum atomic E-state index is 12.1. The molecule has 1 saturated carbocycles. The Morgan fingerprint density at radius 2 is 2.05 bits per heavy atom. The van der Waals surface area contributed by atoms with E-state index in [1.807, 2.05) is 30.3 Å². The van der Waals surface area contributed by atoms with Gasteiger partial charge in [-0.25, -0.2) is 0 Å². The van der Waals surface area contributed by atoms with Crippen LogP contribution in [0.15, 0.2) is 30.3 Å². The van der Waals surface area contributed by atoms with Crippen LogP contribution in [0.5, 0.6) is 0 Å². The van der Waals surface area contributed by atoms with Crippen molar-refractivity contribution in [3.63, 3.8) is 0 Å². The number of carbonyl (C=O) groups excluding carboxylic acids is 1. The van der Waals surface area contributed by atoms with Crippen molar-refractivity contribution in [2.45, 2.75) is 31.3 Å². The van der Waals surface area contributed by atoms with E-state index in [-0.39, 0.29) is 5.91 Å². The molecule has 4 nitrogen and oxygen atoms in total. The first kappa shape index (κ1) is 15.0. The Morgan fingerprint density at radius 1 is 1.45 bits per heavy atom. The van der Waals surface area contributed by atoms with Crippen molar-refractivity contribution in [2.24, 2.45) is 11.7 Å². The summed E-state index contributed by atoms with van der Waals surface area (Å²) in [5.74, 6) is 0.430. The lowest BCUT2D eigenvalue weighted by molar-refractivity contribution is -0.125. The SMILES string of the molecule is CNC(CN(C)C(C)C1CC1)(C(N)=O)c1ccccc1. The summed E-state index contributed by atoms with van der Waals surface area (Å²) in [6, 6.07) is 10.2. The van der Waals surface area contributed by atoms with Gasteiger partial charge in [-0.15, -0.1) is 0 Å². The molecule has 0 saturated heterocycles. The summed E-state index contributed by atoms with van der Waals surface area (Å²) < 4.78 is 0. The molecule has 0 aromatic heterocycles. The van der Waals surface area contributed by atoms with E-state index < -0.39 is 5.54 Å². The van der Waals surface area contributed by atoms with Gasteiger partial charge in [0.25, 0.3) is 0 Å². The highest BCUT2D eigenvalue weighted by molar-refractivity contribution is 5.86. The molecule has 0 spiro atoms. The van der Waals surface area contributed by atoms with E-state index in [9.17, 15) is 4.79 Å². The summed E-state index contributed by atoms with van der Waals surface area (Å²) in [6.45, 7) is 2.81. The van der Waals surface area contributed by atoms with Crippen LogP contribution in [0.4, 0.5) is 0 Å².